The highest BCUT2D eigenvalue weighted by Gasteiger charge is 1.97. The fourth-order valence-corrected chi connectivity index (χ4v) is 2.73. The van der Waals surface area contributed by atoms with Crippen molar-refractivity contribution < 1.29 is 9.47 Å². The molecule has 0 atom stereocenters. The lowest BCUT2D eigenvalue weighted by Gasteiger charge is -2.08. The quantitative estimate of drug-likeness (QED) is 0.411. The van der Waals surface area contributed by atoms with Gasteiger partial charge in [-0.2, -0.15) is 0 Å². The Kier molecular flexibility index (Phi) is 11.9. The van der Waals surface area contributed by atoms with Gasteiger partial charge in [-0.25, -0.2) is 0 Å². The van der Waals surface area contributed by atoms with Gasteiger partial charge in [-0.3, -0.25) is 0 Å². The fraction of sp³-hybridized carbons (Fsp3) is 0.455. The highest BCUT2D eigenvalue weighted by molar-refractivity contribution is 5.85. The average molecular weight is 393 g/mol. The van der Waals surface area contributed by atoms with Crippen LogP contribution in [0.2, 0.25) is 0 Å². The van der Waals surface area contributed by atoms with Gasteiger partial charge in [0.25, 0.3) is 0 Å². The normalized spacial score (nSPS) is 10.0. The summed E-state index contributed by atoms with van der Waals surface area (Å²) in [6.45, 7) is 1.59. The molecular weight excluding hydrogens is 360 g/mol. The van der Waals surface area contributed by atoms with Crippen LogP contribution in [0.5, 0.6) is 11.5 Å². The third-order valence-electron chi connectivity index (χ3n) is 4.36. The highest BCUT2D eigenvalue weighted by Crippen LogP contribution is 2.17. The molecule has 2 N–H and O–H groups in total. The standard InChI is InChI=1S/C22H32N2O2.ClH/c1-23-19-9-13-21(14-10-19)25-17-7-5-3-4-6-8-18-26-22-15-11-20(24-2)12-16-22;/h9-16,23-24H,3-8,17-18H2,1-2H3;1H. The zero-order valence-corrected chi connectivity index (χ0v) is 17.3. The van der Waals surface area contributed by atoms with Crippen LogP contribution in [0.4, 0.5) is 11.4 Å². The zero-order chi connectivity index (χ0) is 18.5. The fourth-order valence-electron chi connectivity index (χ4n) is 2.73. The number of anilines is 2. The number of benzene rings is 2. The van der Waals surface area contributed by atoms with Gasteiger partial charge < -0.3 is 20.1 Å². The molecule has 27 heavy (non-hydrogen) atoms. The SMILES string of the molecule is CNc1ccc(OCCCCCCCCOc2ccc(NC)cc2)cc1.Cl. The van der Waals surface area contributed by atoms with Crippen LogP contribution in [-0.4, -0.2) is 27.3 Å². The summed E-state index contributed by atoms with van der Waals surface area (Å²) in [4.78, 5) is 0. The van der Waals surface area contributed by atoms with Crippen molar-refractivity contribution in [2.75, 3.05) is 37.9 Å². The summed E-state index contributed by atoms with van der Waals surface area (Å²) < 4.78 is 11.5. The van der Waals surface area contributed by atoms with E-state index in [0.29, 0.717) is 0 Å². The predicted octanol–water partition coefficient (Wildman–Crippen LogP) is 5.99. The molecular formula is C22H33ClN2O2. The first-order chi connectivity index (χ1) is 12.8. The summed E-state index contributed by atoms with van der Waals surface area (Å²) in [6, 6.07) is 16.2. The van der Waals surface area contributed by atoms with Crippen molar-refractivity contribution in [2.24, 2.45) is 0 Å². The molecule has 2 aromatic carbocycles. The van der Waals surface area contributed by atoms with Crippen molar-refractivity contribution in [3.63, 3.8) is 0 Å². The van der Waals surface area contributed by atoms with Crippen molar-refractivity contribution in [1.82, 2.24) is 0 Å². The van der Waals surface area contributed by atoms with E-state index in [1.807, 2.05) is 62.6 Å². The van der Waals surface area contributed by atoms with Gasteiger partial charge in [-0.15, -0.1) is 12.4 Å². The summed E-state index contributed by atoms with van der Waals surface area (Å²) in [5, 5.41) is 6.21. The van der Waals surface area contributed by atoms with E-state index in [2.05, 4.69) is 10.6 Å². The van der Waals surface area contributed by atoms with Crippen molar-refractivity contribution in [2.45, 2.75) is 38.5 Å². The third kappa shape index (κ3) is 9.43. The Hall–Kier alpha value is -2.07. The number of hydrogen-bond acceptors (Lipinski definition) is 4. The van der Waals surface area contributed by atoms with Gasteiger partial charge in [0.1, 0.15) is 11.5 Å². The van der Waals surface area contributed by atoms with Gasteiger partial charge >= 0.3 is 0 Å². The second kappa shape index (κ2) is 14.0. The van der Waals surface area contributed by atoms with Gasteiger partial charge in [-0.05, 0) is 61.4 Å². The Morgan fingerprint density at radius 2 is 0.889 bits per heavy atom. The third-order valence-corrected chi connectivity index (χ3v) is 4.36. The molecule has 0 bridgehead atoms. The Balaban J connectivity index is 0.00000364. The van der Waals surface area contributed by atoms with E-state index < -0.39 is 0 Å². The van der Waals surface area contributed by atoms with Crippen molar-refractivity contribution in [3.05, 3.63) is 48.5 Å². The molecule has 150 valence electrons. The van der Waals surface area contributed by atoms with Crippen LogP contribution in [0.15, 0.2) is 48.5 Å². The van der Waals surface area contributed by atoms with Crippen molar-refractivity contribution in [3.8, 4) is 11.5 Å². The molecule has 0 amide bonds. The van der Waals surface area contributed by atoms with Crippen LogP contribution in [0.3, 0.4) is 0 Å². The Labute approximate surface area is 170 Å². The number of halogens is 1. The minimum absolute atomic E-state index is 0. The lowest BCUT2D eigenvalue weighted by atomic mass is 10.1. The second-order valence-corrected chi connectivity index (χ2v) is 6.37. The molecule has 0 fully saturated rings. The molecule has 2 rings (SSSR count). The maximum absolute atomic E-state index is 5.76. The second-order valence-electron chi connectivity index (χ2n) is 6.37. The molecule has 5 heteroatoms. The first-order valence-corrected chi connectivity index (χ1v) is 9.63. The van der Waals surface area contributed by atoms with Crippen LogP contribution < -0.4 is 20.1 Å². The topological polar surface area (TPSA) is 42.5 Å². The molecule has 0 spiro atoms. The van der Waals surface area contributed by atoms with Crippen LogP contribution in [0, 0.1) is 0 Å². The number of rotatable bonds is 13. The number of ether oxygens (including phenoxy) is 2. The largest absolute Gasteiger partial charge is 0.494 e. The van der Waals surface area contributed by atoms with E-state index in [-0.39, 0.29) is 12.4 Å². The van der Waals surface area contributed by atoms with Gasteiger partial charge in [0.15, 0.2) is 0 Å². The highest BCUT2D eigenvalue weighted by atomic mass is 35.5. The molecule has 0 aliphatic carbocycles. The van der Waals surface area contributed by atoms with Gasteiger partial charge in [0.05, 0.1) is 13.2 Å². The Morgan fingerprint density at radius 1 is 0.556 bits per heavy atom. The lowest BCUT2D eigenvalue weighted by Crippen LogP contribution is -1.99. The first-order valence-electron chi connectivity index (χ1n) is 9.63. The minimum atomic E-state index is 0. The van der Waals surface area contributed by atoms with E-state index in [0.717, 1.165) is 48.9 Å². The molecule has 0 aliphatic rings. The van der Waals surface area contributed by atoms with Crippen LogP contribution >= 0.6 is 12.4 Å². The lowest BCUT2D eigenvalue weighted by molar-refractivity contribution is 0.297. The molecule has 0 heterocycles. The van der Waals surface area contributed by atoms with Crippen molar-refractivity contribution in [1.29, 1.82) is 0 Å². The smallest absolute Gasteiger partial charge is 0.119 e. The van der Waals surface area contributed by atoms with Gasteiger partial charge in [0.2, 0.25) is 0 Å². The summed E-state index contributed by atoms with van der Waals surface area (Å²) >= 11 is 0. The van der Waals surface area contributed by atoms with Crippen LogP contribution in [-0.2, 0) is 0 Å². The van der Waals surface area contributed by atoms with E-state index in [4.69, 9.17) is 9.47 Å². The summed E-state index contributed by atoms with van der Waals surface area (Å²) in [7, 11) is 3.84. The molecule has 4 nitrogen and oxygen atoms in total. The minimum Gasteiger partial charge on any atom is -0.494 e. The molecule has 0 aliphatic heterocycles. The zero-order valence-electron chi connectivity index (χ0n) is 16.5. The average Bonchev–Trinajstić information content (AvgIpc) is 2.70. The molecule has 2 aromatic rings. The first kappa shape index (κ1) is 23.0. The molecule has 0 unspecified atom stereocenters. The Bertz CT molecular complexity index is 547. The maximum atomic E-state index is 5.76. The molecule has 0 saturated heterocycles. The van der Waals surface area contributed by atoms with Gasteiger partial charge in [0, 0.05) is 25.5 Å². The van der Waals surface area contributed by atoms with Crippen LogP contribution in [0.25, 0.3) is 0 Å². The van der Waals surface area contributed by atoms with E-state index >= 15 is 0 Å². The van der Waals surface area contributed by atoms with Crippen LogP contribution in [0.1, 0.15) is 38.5 Å². The van der Waals surface area contributed by atoms with E-state index in [1.165, 1.54) is 25.7 Å². The molecule has 0 aromatic heterocycles. The number of hydrogen-bond donors (Lipinski definition) is 2. The number of unbranched alkanes of at least 4 members (excludes halogenated alkanes) is 5. The van der Waals surface area contributed by atoms with Gasteiger partial charge in [-0.1, -0.05) is 25.7 Å². The summed E-state index contributed by atoms with van der Waals surface area (Å²) in [6.07, 6.45) is 7.20. The van der Waals surface area contributed by atoms with Crippen molar-refractivity contribution >= 4 is 23.8 Å². The predicted molar refractivity (Wildman–Crippen MR) is 118 cm³/mol. The Morgan fingerprint density at radius 3 is 1.22 bits per heavy atom. The summed E-state index contributed by atoms with van der Waals surface area (Å²) in [5.74, 6) is 1.90. The summed E-state index contributed by atoms with van der Waals surface area (Å²) in [5.41, 5.74) is 2.22. The van der Waals surface area contributed by atoms with E-state index in [1.54, 1.807) is 0 Å². The van der Waals surface area contributed by atoms with E-state index in [9.17, 15) is 0 Å². The number of nitrogens with one attached hydrogen (secondary N) is 2. The molecule has 0 saturated carbocycles. The monoisotopic (exact) mass is 392 g/mol. The maximum Gasteiger partial charge on any atom is 0.119 e. The molecule has 0 radical (unpaired) electrons.